The van der Waals surface area contributed by atoms with Gasteiger partial charge in [0.05, 0.1) is 6.54 Å². The molecule has 1 aliphatic rings. The first-order valence-corrected chi connectivity index (χ1v) is 7.20. The average molecular weight is 255 g/mol. The van der Waals surface area contributed by atoms with E-state index in [-0.39, 0.29) is 5.91 Å². The van der Waals surface area contributed by atoms with Crippen molar-refractivity contribution < 1.29 is 4.79 Å². The normalized spacial score (nSPS) is 22.8. The van der Waals surface area contributed by atoms with Gasteiger partial charge in [-0.15, -0.1) is 0 Å². The lowest BCUT2D eigenvalue weighted by molar-refractivity contribution is -0.130. The number of nitrogens with zero attached hydrogens (tertiary/aromatic N) is 2. The first-order valence-electron chi connectivity index (χ1n) is 7.20. The molecule has 1 heterocycles. The summed E-state index contributed by atoms with van der Waals surface area (Å²) in [5, 5.41) is 3.58. The quantitative estimate of drug-likeness (QED) is 0.774. The molecule has 2 atom stereocenters. The summed E-state index contributed by atoms with van der Waals surface area (Å²) in [6.07, 6.45) is 3.67. The third-order valence-electron chi connectivity index (χ3n) is 3.82. The Hall–Kier alpha value is -0.610. The molecule has 4 nitrogen and oxygen atoms in total. The van der Waals surface area contributed by atoms with Crippen LogP contribution in [0.25, 0.3) is 0 Å². The minimum absolute atomic E-state index is 0.213. The lowest BCUT2D eigenvalue weighted by Crippen LogP contribution is -2.47. The number of rotatable bonds is 6. The number of likely N-dealkylation sites (N-methyl/N-ethyl adjacent to an activating group) is 1. The van der Waals surface area contributed by atoms with Crippen molar-refractivity contribution in [3.8, 4) is 0 Å². The number of carbonyl (C=O) groups excluding carboxylic acids is 1. The molecule has 0 aliphatic carbocycles. The number of likely N-dealkylation sites (tertiary alicyclic amines) is 1. The van der Waals surface area contributed by atoms with Gasteiger partial charge in [0.15, 0.2) is 0 Å². The zero-order valence-electron chi connectivity index (χ0n) is 12.4. The Balaban J connectivity index is 2.38. The second-order valence-electron chi connectivity index (χ2n) is 5.67. The molecule has 1 N–H and O–H groups in total. The van der Waals surface area contributed by atoms with Crippen LogP contribution in [-0.4, -0.2) is 62.0 Å². The van der Waals surface area contributed by atoms with Crippen molar-refractivity contribution in [2.75, 3.05) is 40.3 Å². The van der Waals surface area contributed by atoms with E-state index in [9.17, 15) is 4.79 Å². The molecule has 1 aliphatic heterocycles. The van der Waals surface area contributed by atoms with Crippen LogP contribution in [0.3, 0.4) is 0 Å². The maximum absolute atomic E-state index is 11.7. The fourth-order valence-corrected chi connectivity index (χ4v) is 2.51. The smallest absolute Gasteiger partial charge is 0.236 e. The van der Waals surface area contributed by atoms with E-state index in [1.54, 1.807) is 4.90 Å². The van der Waals surface area contributed by atoms with Crippen LogP contribution in [0, 0.1) is 5.92 Å². The molecular weight excluding hydrogens is 226 g/mol. The number of nitrogens with one attached hydrogen (secondary N) is 1. The molecule has 18 heavy (non-hydrogen) atoms. The first-order chi connectivity index (χ1) is 8.54. The van der Waals surface area contributed by atoms with Crippen molar-refractivity contribution >= 4 is 5.91 Å². The van der Waals surface area contributed by atoms with Gasteiger partial charge in [-0.3, -0.25) is 9.69 Å². The lowest BCUT2D eigenvalue weighted by atomic mass is 9.91. The molecular formula is C14H29N3O. The second kappa shape index (κ2) is 7.74. The molecule has 0 aromatic rings. The number of carbonyl (C=O) groups is 1. The zero-order chi connectivity index (χ0) is 13.5. The highest BCUT2D eigenvalue weighted by atomic mass is 16.2. The third kappa shape index (κ3) is 4.94. The Bertz CT molecular complexity index is 255. The van der Waals surface area contributed by atoms with Crippen molar-refractivity contribution in [1.29, 1.82) is 0 Å². The van der Waals surface area contributed by atoms with E-state index in [0.29, 0.717) is 18.5 Å². The first kappa shape index (κ1) is 15.4. The van der Waals surface area contributed by atoms with Crippen LogP contribution in [0.4, 0.5) is 0 Å². The molecule has 1 fully saturated rings. The van der Waals surface area contributed by atoms with E-state index in [0.717, 1.165) is 19.6 Å². The minimum atomic E-state index is 0.213. The summed E-state index contributed by atoms with van der Waals surface area (Å²) in [5.74, 6) is 0.894. The topological polar surface area (TPSA) is 35.6 Å². The minimum Gasteiger partial charge on any atom is -0.348 e. The molecule has 0 spiro atoms. The lowest BCUT2D eigenvalue weighted by Gasteiger charge is -2.36. The highest BCUT2D eigenvalue weighted by Gasteiger charge is 2.25. The van der Waals surface area contributed by atoms with E-state index in [2.05, 4.69) is 24.1 Å². The van der Waals surface area contributed by atoms with Gasteiger partial charge in [-0.2, -0.15) is 0 Å². The fraction of sp³-hybridized carbons (Fsp3) is 0.929. The second-order valence-corrected chi connectivity index (χ2v) is 5.67. The molecule has 0 radical (unpaired) electrons. The molecule has 106 valence electrons. The van der Waals surface area contributed by atoms with Gasteiger partial charge in [0.2, 0.25) is 5.91 Å². The monoisotopic (exact) mass is 255 g/mol. The maximum Gasteiger partial charge on any atom is 0.236 e. The zero-order valence-corrected chi connectivity index (χ0v) is 12.4. The van der Waals surface area contributed by atoms with Crippen LogP contribution in [0.1, 0.15) is 33.1 Å². The predicted molar refractivity (Wildman–Crippen MR) is 75.6 cm³/mol. The van der Waals surface area contributed by atoms with E-state index >= 15 is 0 Å². The molecule has 0 bridgehead atoms. The van der Waals surface area contributed by atoms with Gasteiger partial charge in [-0.25, -0.2) is 0 Å². The molecule has 0 aromatic carbocycles. The molecule has 0 aromatic heterocycles. The summed E-state index contributed by atoms with van der Waals surface area (Å²) >= 11 is 0. The Morgan fingerprint density at radius 1 is 1.50 bits per heavy atom. The molecule has 4 heteroatoms. The van der Waals surface area contributed by atoms with Gasteiger partial charge in [0.25, 0.3) is 0 Å². The molecule has 1 amide bonds. The van der Waals surface area contributed by atoms with Gasteiger partial charge >= 0.3 is 0 Å². The van der Waals surface area contributed by atoms with Gasteiger partial charge in [-0.05, 0) is 45.2 Å². The standard InChI is InChI=1S/C14H29N3O/c1-5-8-15-12(2)13-7-6-9-17(10-13)11-14(18)16(3)4/h12-13,15H,5-11H2,1-4H3. The Kier molecular flexibility index (Phi) is 6.65. The van der Waals surface area contributed by atoms with E-state index in [1.807, 2.05) is 14.1 Å². The summed E-state index contributed by atoms with van der Waals surface area (Å²) in [6.45, 7) is 8.26. The van der Waals surface area contributed by atoms with Crippen LogP contribution < -0.4 is 5.32 Å². The fourth-order valence-electron chi connectivity index (χ4n) is 2.51. The van der Waals surface area contributed by atoms with Crippen molar-refractivity contribution in [3.05, 3.63) is 0 Å². The number of hydrogen-bond acceptors (Lipinski definition) is 3. The summed E-state index contributed by atoms with van der Waals surface area (Å²) in [6, 6.07) is 0.558. The predicted octanol–water partition coefficient (Wildman–Crippen LogP) is 1.17. The van der Waals surface area contributed by atoms with Gasteiger partial charge in [-0.1, -0.05) is 6.92 Å². The summed E-state index contributed by atoms with van der Waals surface area (Å²) < 4.78 is 0. The Labute approximate surface area is 112 Å². The summed E-state index contributed by atoms with van der Waals surface area (Å²) in [7, 11) is 3.66. The molecule has 2 unspecified atom stereocenters. The molecule has 1 rings (SSSR count). The van der Waals surface area contributed by atoms with E-state index in [1.165, 1.54) is 19.3 Å². The van der Waals surface area contributed by atoms with Crippen molar-refractivity contribution in [3.63, 3.8) is 0 Å². The third-order valence-corrected chi connectivity index (χ3v) is 3.82. The number of hydrogen-bond donors (Lipinski definition) is 1. The van der Waals surface area contributed by atoms with Crippen LogP contribution in [0.5, 0.6) is 0 Å². The SMILES string of the molecule is CCCNC(C)C1CCCN(CC(=O)N(C)C)C1. The van der Waals surface area contributed by atoms with Crippen molar-refractivity contribution in [2.24, 2.45) is 5.92 Å². The highest BCUT2D eigenvalue weighted by Crippen LogP contribution is 2.19. The van der Waals surface area contributed by atoms with Crippen LogP contribution >= 0.6 is 0 Å². The molecule has 0 saturated carbocycles. The summed E-state index contributed by atoms with van der Waals surface area (Å²) in [4.78, 5) is 15.7. The average Bonchev–Trinajstić information content (AvgIpc) is 2.36. The van der Waals surface area contributed by atoms with Gasteiger partial charge in [0, 0.05) is 26.7 Å². The Morgan fingerprint density at radius 2 is 2.22 bits per heavy atom. The number of piperidine rings is 1. The number of amides is 1. The summed E-state index contributed by atoms with van der Waals surface area (Å²) in [5.41, 5.74) is 0. The Morgan fingerprint density at radius 3 is 2.83 bits per heavy atom. The van der Waals surface area contributed by atoms with Crippen LogP contribution in [0.15, 0.2) is 0 Å². The van der Waals surface area contributed by atoms with Crippen LogP contribution in [0.2, 0.25) is 0 Å². The highest BCUT2D eigenvalue weighted by molar-refractivity contribution is 5.77. The molecule has 1 saturated heterocycles. The van der Waals surface area contributed by atoms with Gasteiger partial charge in [0.1, 0.15) is 0 Å². The van der Waals surface area contributed by atoms with Crippen molar-refractivity contribution in [2.45, 2.75) is 39.2 Å². The largest absolute Gasteiger partial charge is 0.348 e. The van der Waals surface area contributed by atoms with E-state index < -0.39 is 0 Å². The van der Waals surface area contributed by atoms with Crippen molar-refractivity contribution in [1.82, 2.24) is 15.1 Å². The van der Waals surface area contributed by atoms with Gasteiger partial charge < -0.3 is 10.2 Å². The van der Waals surface area contributed by atoms with Crippen LogP contribution in [-0.2, 0) is 4.79 Å². The van der Waals surface area contributed by atoms with E-state index in [4.69, 9.17) is 0 Å². The maximum atomic E-state index is 11.7.